The number of aromatic nitrogens is 2. The quantitative estimate of drug-likeness (QED) is 0.644. The van der Waals surface area contributed by atoms with E-state index in [1.807, 2.05) is 24.0 Å². The van der Waals surface area contributed by atoms with Crippen LogP contribution in [0.1, 0.15) is 18.1 Å². The average Bonchev–Trinajstić information content (AvgIpc) is 2.83. The van der Waals surface area contributed by atoms with Gasteiger partial charge in [-0.05, 0) is 30.9 Å². The summed E-state index contributed by atoms with van der Waals surface area (Å²) < 4.78 is 1.87. The molecule has 0 saturated carbocycles. The number of non-ortho nitro benzene ring substituents is 1. The van der Waals surface area contributed by atoms with Crippen molar-refractivity contribution in [2.24, 2.45) is 5.73 Å². The van der Waals surface area contributed by atoms with Crippen molar-refractivity contribution >= 4 is 5.69 Å². The minimum Gasteiger partial charge on any atom is -0.328 e. The van der Waals surface area contributed by atoms with Gasteiger partial charge in [0.1, 0.15) is 0 Å². The van der Waals surface area contributed by atoms with Gasteiger partial charge in [-0.25, -0.2) is 0 Å². The molecule has 1 atom stereocenters. The third-order valence-corrected chi connectivity index (χ3v) is 3.02. The molecule has 0 saturated heterocycles. The van der Waals surface area contributed by atoms with E-state index in [2.05, 4.69) is 5.10 Å². The molecule has 0 radical (unpaired) electrons. The maximum absolute atomic E-state index is 10.6. The summed E-state index contributed by atoms with van der Waals surface area (Å²) in [5.74, 6) is 0. The predicted molar refractivity (Wildman–Crippen MR) is 76.4 cm³/mol. The normalized spacial score (nSPS) is 12.3. The van der Waals surface area contributed by atoms with Gasteiger partial charge in [0.2, 0.25) is 0 Å². The Morgan fingerprint density at radius 2 is 2.05 bits per heavy atom. The van der Waals surface area contributed by atoms with Crippen LogP contribution in [-0.4, -0.2) is 20.7 Å². The van der Waals surface area contributed by atoms with Gasteiger partial charge in [0.05, 0.1) is 11.1 Å². The zero-order valence-electron chi connectivity index (χ0n) is 11.4. The molecule has 6 heteroatoms. The molecular formula is C14H18N4O2. The molecule has 0 aliphatic carbocycles. The van der Waals surface area contributed by atoms with Crippen LogP contribution in [0.5, 0.6) is 0 Å². The van der Waals surface area contributed by atoms with Crippen LogP contribution in [0.4, 0.5) is 5.69 Å². The molecule has 0 spiro atoms. The number of nitro groups is 1. The highest BCUT2D eigenvalue weighted by atomic mass is 16.6. The summed E-state index contributed by atoms with van der Waals surface area (Å²) in [6.45, 7) is 2.71. The second-order valence-corrected chi connectivity index (χ2v) is 4.97. The topological polar surface area (TPSA) is 87.0 Å². The Hall–Kier alpha value is -2.21. The fourth-order valence-electron chi connectivity index (χ4n) is 2.03. The minimum absolute atomic E-state index is 0.118. The molecule has 1 heterocycles. The second kappa shape index (κ2) is 6.29. The Labute approximate surface area is 117 Å². The van der Waals surface area contributed by atoms with E-state index in [1.165, 1.54) is 12.1 Å². The fourth-order valence-corrected chi connectivity index (χ4v) is 2.03. The standard InChI is InChI=1S/C14H18N4O2/c1-11(15)8-13-9-16-17(10-13)7-6-12-2-4-14(5-3-12)18(19)20/h2-5,9-11H,6-8,15H2,1H3. The second-order valence-electron chi connectivity index (χ2n) is 4.97. The van der Waals surface area contributed by atoms with Crippen LogP contribution in [0.3, 0.4) is 0 Å². The summed E-state index contributed by atoms with van der Waals surface area (Å²) in [5.41, 5.74) is 8.05. The van der Waals surface area contributed by atoms with Crippen LogP contribution in [-0.2, 0) is 19.4 Å². The predicted octanol–water partition coefficient (Wildman–Crippen LogP) is 1.92. The molecule has 0 fully saturated rings. The number of hydrogen-bond donors (Lipinski definition) is 1. The van der Waals surface area contributed by atoms with Gasteiger partial charge in [-0.15, -0.1) is 0 Å². The van der Waals surface area contributed by atoms with Crippen molar-refractivity contribution in [2.75, 3.05) is 0 Å². The molecule has 1 aromatic heterocycles. The zero-order chi connectivity index (χ0) is 14.5. The molecular weight excluding hydrogens is 256 g/mol. The van der Waals surface area contributed by atoms with Gasteiger partial charge in [0, 0.05) is 30.9 Å². The Bertz CT molecular complexity index is 575. The summed E-state index contributed by atoms with van der Waals surface area (Å²) >= 11 is 0. The molecule has 2 N–H and O–H groups in total. The van der Waals surface area contributed by atoms with Gasteiger partial charge >= 0.3 is 0 Å². The number of hydrogen-bond acceptors (Lipinski definition) is 4. The van der Waals surface area contributed by atoms with Crippen molar-refractivity contribution in [2.45, 2.75) is 32.4 Å². The van der Waals surface area contributed by atoms with Gasteiger partial charge in [0.25, 0.3) is 5.69 Å². The van der Waals surface area contributed by atoms with E-state index >= 15 is 0 Å². The van der Waals surface area contributed by atoms with Crippen LogP contribution in [0.2, 0.25) is 0 Å². The molecule has 106 valence electrons. The lowest BCUT2D eigenvalue weighted by atomic mass is 10.1. The summed E-state index contributed by atoms with van der Waals surface area (Å²) in [6.07, 6.45) is 5.43. The molecule has 20 heavy (non-hydrogen) atoms. The molecule has 1 aromatic carbocycles. The van der Waals surface area contributed by atoms with Crippen LogP contribution in [0, 0.1) is 10.1 Å². The molecule has 0 amide bonds. The van der Waals surface area contributed by atoms with E-state index in [-0.39, 0.29) is 11.7 Å². The SMILES string of the molecule is CC(N)Cc1cnn(CCc2ccc([N+](=O)[O-])cc2)c1. The van der Waals surface area contributed by atoms with E-state index in [1.54, 1.807) is 12.1 Å². The minimum atomic E-state index is -0.391. The van der Waals surface area contributed by atoms with E-state index < -0.39 is 4.92 Å². The summed E-state index contributed by atoms with van der Waals surface area (Å²) in [5, 5.41) is 14.8. The van der Waals surface area contributed by atoms with Crippen molar-refractivity contribution in [3.05, 3.63) is 57.9 Å². The van der Waals surface area contributed by atoms with Crippen molar-refractivity contribution < 1.29 is 4.92 Å². The zero-order valence-corrected chi connectivity index (χ0v) is 11.4. The van der Waals surface area contributed by atoms with E-state index in [0.717, 1.165) is 30.5 Å². The Balaban J connectivity index is 1.91. The summed E-state index contributed by atoms with van der Waals surface area (Å²) in [4.78, 5) is 10.2. The molecule has 0 aliphatic rings. The van der Waals surface area contributed by atoms with E-state index in [0.29, 0.717) is 0 Å². The highest BCUT2D eigenvalue weighted by Gasteiger charge is 2.05. The largest absolute Gasteiger partial charge is 0.328 e. The van der Waals surface area contributed by atoms with Crippen molar-refractivity contribution in [1.29, 1.82) is 0 Å². The average molecular weight is 274 g/mol. The maximum atomic E-state index is 10.6. The highest BCUT2D eigenvalue weighted by molar-refractivity contribution is 5.32. The van der Waals surface area contributed by atoms with Crippen LogP contribution < -0.4 is 5.73 Å². The van der Waals surface area contributed by atoms with Gasteiger partial charge in [0.15, 0.2) is 0 Å². The van der Waals surface area contributed by atoms with Crippen LogP contribution >= 0.6 is 0 Å². The Morgan fingerprint density at radius 3 is 2.65 bits per heavy atom. The molecule has 6 nitrogen and oxygen atoms in total. The van der Waals surface area contributed by atoms with Crippen LogP contribution in [0.25, 0.3) is 0 Å². The molecule has 2 aromatic rings. The van der Waals surface area contributed by atoms with E-state index in [4.69, 9.17) is 5.73 Å². The number of rotatable bonds is 6. The first-order valence-corrected chi connectivity index (χ1v) is 6.55. The number of nitrogens with zero attached hydrogens (tertiary/aromatic N) is 3. The molecule has 0 aliphatic heterocycles. The summed E-state index contributed by atoms with van der Waals surface area (Å²) in [7, 11) is 0. The third kappa shape index (κ3) is 3.89. The maximum Gasteiger partial charge on any atom is 0.269 e. The lowest BCUT2D eigenvalue weighted by Gasteiger charge is -2.03. The number of nitro benzene ring substituents is 1. The summed E-state index contributed by atoms with van der Waals surface area (Å²) in [6, 6.07) is 6.75. The number of nitrogens with two attached hydrogens (primary N) is 1. The van der Waals surface area contributed by atoms with Crippen molar-refractivity contribution in [3.8, 4) is 0 Å². The lowest BCUT2D eigenvalue weighted by molar-refractivity contribution is -0.384. The number of aryl methyl sites for hydroxylation is 2. The van der Waals surface area contributed by atoms with Gasteiger partial charge in [-0.3, -0.25) is 14.8 Å². The van der Waals surface area contributed by atoms with Gasteiger partial charge < -0.3 is 5.73 Å². The lowest BCUT2D eigenvalue weighted by Crippen LogP contribution is -2.17. The first-order valence-electron chi connectivity index (χ1n) is 6.55. The highest BCUT2D eigenvalue weighted by Crippen LogP contribution is 2.12. The Kier molecular flexibility index (Phi) is 4.47. The van der Waals surface area contributed by atoms with Crippen molar-refractivity contribution in [1.82, 2.24) is 9.78 Å². The smallest absolute Gasteiger partial charge is 0.269 e. The van der Waals surface area contributed by atoms with Gasteiger partial charge in [-0.2, -0.15) is 5.10 Å². The molecule has 1 unspecified atom stereocenters. The molecule has 0 bridgehead atoms. The monoisotopic (exact) mass is 274 g/mol. The molecule has 2 rings (SSSR count). The first kappa shape index (κ1) is 14.2. The van der Waals surface area contributed by atoms with Gasteiger partial charge in [-0.1, -0.05) is 12.1 Å². The Morgan fingerprint density at radius 1 is 1.35 bits per heavy atom. The fraction of sp³-hybridized carbons (Fsp3) is 0.357. The third-order valence-electron chi connectivity index (χ3n) is 3.02. The van der Waals surface area contributed by atoms with Crippen LogP contribution in [0.15, 0.2) is 36.7 Å². The number of benzene rings is 1. The first-order chi connectivity index (χ1) is 9.54. The van der Waals surface area contributed by atoms with E-state index in [9.17, 15) is 10.1 Å². The van der Waals surface area contributed by atoms with Crippen molar-refractivity contribution in [3.63, 3.8) is 0 Å².